The second-order valence-electron chi connectivity index (χ2n) is 9.08. The zero-order valence-corrected chi connectivity index (χ0v) is 19.2. The van der Waals surface area contributed by atoms with Crippen LogP contribution in [0.5, 0.6) is 0 Å². The molecule has 0 aliphatic heterocycles. The van der Waals surface area contributed by atoms with Gasteiger partial charge in [0.25, 0.3) is 0 Å². The van der Waals surface area contributed by atoms with E-state index in [4.69, 9.17) is 4.74 Å². The second kappa shape index (κ2) is 12.7. The fraction of sp³-hybridized carbons (Fsp3) is 0.739. The lowest BCUT2D eigenvalue weighted by Crippen LogP contribution is -2.24. The molecule has 0 saturated heterocycles. The Kier molecular flexibility index (Phi) is 12.4. The van der Waals surface area contributed by atoms with Gasteiger partial charge in [-0.1, -0.05) is 68.4 Å². The van der Waals surface area contributed by atoms with Crippen molar-refractivity contribution in [2.75, 3.05) is 6.61 Å². The number of hydrogen-bond donors (Lipinski definition) is 0. The summed E-state index contributed by atoms with van der Waals surface area (Å²) in [7, 11) is -1.33. The molecule has 1 nitrogen and oxygen atoms in total. The Morgan fingerprint density at radius 3 is 2.24 bits per heavy atom. The molecule has 0 atom stereocenters. The van der Waals surface area contributed by atoms with E-state index in [1.54, 1.807) is 10.8 Å². The number of rotatable bonds is 13. The summed E-state index contributed by atoms with van der Waals surface area (Å²) in [5.41, 5.74) is 1.62. The first-order chi connectivity index (χ1) is 11.6. The van der Waals surface area contributed by atoms with Crippen molar-refractivity contribution in [1.29, 1.82) is 0 Å². The molecule has 0 N–H and O–H groups in total. The summed E-state index contributed by atoms with van der Waals surface area (Å²) in [6.45, 7) is 20.9. The highest BCUT2D eigenvalue weighted by Gasteiger charge is 2.20. The Bertz CT molecular complexity index is 418. The smallest absolute Gasteiger partial charge is 0.0775 e. The van der Waals surface area contributed by atoms with E-state index in [1.807, 2.05) is 0 Å². The van der Waals surface area contributed by atoms with Crippen LogP contribution in [-0.2, 0) is 4.74 Å². The summed E-state index contributed by atoms with van der Waals surface area (Å²) < 4.78 is 5.80. The topological polar surface area (TPSA) is 9.23 Å². The van der Waals surface area contributed by atoms with Gasteiger partial charge in [-0.05, 0) is 59.3 Å². The lowest BCUT2D eigenvalue weighted by atomic mass is 10.0. The summed E-state index contributed by atoms with van der Waals surface area (Å²) in [6.07, 6.45) is 16.6. The maximum absolute atomic E-state index is 5.80. The van der Waals surface area contributed by atoms with Crippen LogP contribution in [0.1, 0.15) is 79.1 Å². The molecule has 0 rings (SSSR count). The van der Waals surface area contributed by atoms with Gasteiger partial charge in [0.1, 0.15) is 0 Å². The highest BCUT2D eigenvalue weighted by molar-refractivity contribution is 6.83. The summed E-state index contributed by atoms with van der Waals surface area (Å²) in [6, 6.07) is 0. The van der Waals surface area contributed by atoms with E-state index >= 15 is 0 Å². The molecule has 0 fully saturated rings. The third-order valence-electron chi connectivity index (χ3n) is 4.25. The van der Waals surface area contributed by atoms with Gasteiger partial charge in [-0.25, -0.2) is 0 Å². The molecule has 0 amide bonds. The molecule has 0 unspecified atom stereocenters. The van der Waals surface area contributed by atoms with Gasteiger partial charge < -0.3 is 4.74 Å². The van der Waals surface area contributed by atoms with Gasteiger partial charge >= 0.3 is 0 Å². The molecular formula is C23H44OSi. The average molecular weight is 365 g/mol. The molecule has 0 radical (unpaired) electrons. The molecular weight excluding hydrogens is 320 g/mol. The second-order valence-corrected chi connectivity index (χ2v) is 14.1. The number of unbranched alkanes of at least 4 members (excludes halogenated alkanes) is 4. The standard InChI is InChI=1S/C23H44OSi/c1-9-11-14-18-21(17-10-2)22(25(6,7)8)19-15-12-13-16-20-24-23(3,4)5/h10,15,19H,2,9,11-14,16-18,20H2,1,3-8H3/b19-15+,22-21-. The highest BCUT2D eigenvalue weighted by Crippen LogP contribution is 2.26. The predicted molar refractivity (Wildman–Crippen MR) is 118 cm³/mol. The molecule has 146 valence electrons. The quantitative estimate of drug-likeness (QED) is 0.140. The zero-order valence-electron chi connectivity index (χ0n) is 18.2. The zero-order chi connectivity index (χ0) is 19.3. The Balaban J connectivity index is 4.73. The first-order valence-corrected chi connectivity index (χ1v) is 13.8. The van der Waals surface area contributed by atoms with Gasteiger partial charge in [0.05, 0.1) is 13.7 Å². The van der Waals surface area contributed by atoms with Crippen LogP contribution in [0.4, 0.5) is 0 Å². The molecule has 0 aliphatic carbocycles. The van der Waals surface area contributed by atoms with Crippen molar-refractivity contribution in [2.45, 2.75) is 104 Å². The van der Waals surface area contributed by atoms with Gasteiger partial charge in [-0.2, -0.15) is 0 Å². The van der Waals surface area contributed by atoms with Gasteiger partial charge in [0.2, 0.25) is 0 Å². The van der Waals surface area contributed by atoms with Crippen LogP contribution in [0.2, 0.25) is 19.6 Å². The minimum Gasteiger partial charge on any atom is -0.376 e. The van der Waals surface area contributed by atoms with E-state index < -0.39 is 8.07 Å². The number of ether oxygens (including phenoxy) is 1. The van der Waals surface area contributed by atoms with Gasteiger partial charge in [0.15, 0.2) is 0 Å². The Morgan fingerprint density at radius 1 is 1.04 bits per heavy atom. The van der Waals surface area contributed by atoms with Crippen LogP contribution in [0.3, 0.4) is 0 Å². The average Bonchev–Trinajstić information content (AvgIpc) is 2.47. The van der Waals surface area contributed by atoms with Crippen LogP contribution >= 0.6 is 0 Å². The lowest BCUT2D eigenvalue weighted by molar-refractivity contribution is -0.00447. The summed E-state index contributed by atoms with van der Waals surface area (Å²) in [5.74, 6) is 0. The van der Waals surface area contributed by atoms with Crippen LogP contribution in [-0.4, -0.2) is 20.3 Å². The molecule has 0 aromatic rings. The van der Waals surface area contributed by atoms with Crippen molar-refractivity contribution in [3.8, 4) is 0 Å². The fourth-order valence-electron chi connectivity index (χ4n) is 2.95. The molecule has 0 aromatic heterocycles. The maximum atomic E-state index is 5.80. The Morgan fingerprint density at radius 2 is 1.72 bits per heavy atom. The molecule has 0 aromatic carbocycles. The fourth-order valence-corrected chi connectivity index (χ4v) is 4.86. The van der Waals surface area contributed by atoms with Crippen LogP contribution in [0.15, 0.2) is 35.6 Å². The van der Waals surface area contributed by atoms with Crippen molar-refractivity contribution >= 4 is 8.07 Å². The lowest BCUT2D eigenvalue weighted by Gasteiger charge is -2.23. The number of allylic oxidation sites excluding steroid dienone is 5. The molecule has 0 spiro atoms. The van der Waals surface area contributed by atoms with Crippen LogP contribution in [0.25, 0.3) is 0 Å². The van der Waals surface area contributed by atoms with Gasteiger partial charge in [0, 0.05) is 6.61 Å². The third-order valence-corrected chi connectivity index (χ3v) is 6.38. The molecule has 2 heteroatoms. The predicted octanol–water partition coefficient (Wildman–Crippen LogP) is 7.86. The molecule has 0 saturated carbocycles. The maximum Gasteiger partial charge on any atom is 0.0775 e. The van der Waals surface area contributed by atoms with Crippen LogP contribution in [0, 0.1) is 0 Å². The summed E-state index contributed by atoms with van der Waals surface area (Å²) in [5, 5.41) is 1.65. The van der Waals surface area contributed by atoms with Crippen molar-refractivity contribution in [3.63, 3.8) is 0 Å². The highest BCUT2D eigenvalue weighted by atomic mass is 28.3. The van der Waals surface area contributed by atoms with Gasteiger partial charge in [-0.15, -0.1) is 6.58 Å². The van der Waals surface area contributed by atoms with E-state index in [2.05, 4.69) is 72.1 Å². The van der Waals surface area contributed by atoms with Gasteiger partial charge in [-0.3, -0.25) is 0 Å². The van der Waals surface area contributed by atoms with E-state index in [1.165, 1.54) is 32.1 Å². The van der Waals surface area contributed by atoms with Crippen molar-refractivity contribution in [3.05, 3.63) is 35.6 Å². The van der Waals surface area contributed by atoms with Crippen molar-refractivity contribution < 1.29 is 4.74 Å². The van der Waals surface area contributed by atoms with Crippen molar-refractivity contribution in [2.24, 2.45) is 0 Å². The summed E-state index contributed by atoms with van der Waals surface area (Å²) >= 11 is 0. The van der Waals surface area contributed by atoms with E-state index in [0.29, 0.717) is 0 Å². The van der Waals surface area contributed by atoms with E-state index in [-0.39, 0.29) is 5.60 Å². The molecule has 25 heavy (non-hydrogen) atoms. The first kappa shape index (κ1) is 24.4. The minimum absolute atomic E-state index is 0.0122. The van der Waals surface area contributed by atoms with Crippen molar-refractivity contribution in [1.82, 2.24) is 0 Å². The molecule has 0 heterocycles. The van der Waals surface area contributed by atoms with Crippen LogP contribution < -0.4 is 0 Å². The Hall–Kier alpha value is -0.603. The summed E-state index contributed by atoms with van der Waals surface area (Å²) in [4.78, 5) is 0. The monoisotopic (exact) mass is 364 g/mol. The SMILES string of the molecule is C=CC/C(CCCCC)=C(\C=C\CCCCOC(C)(C)C)[Si](C)(C)C. The normalized spacial score (nSPS) is 14.0. The van der Waals surface area contributed by atoms with E-state index in [0.717, 1.165) is 25.9 Å². The molecule has 0 aliphatic rings. The largest absolute Gasteiger partial charge is 0.376 e. The minimum atomic E-state index is -1.33. The molecule has 0 bridgehead atoms. The number of hydrogen-bond acceptors (Lipinski definition) is 1. The first-order valence-electron chi connectivity index (χ1n) is 10.3. The Labute approximate surface area is 159 Å². The van der Waals surface area contributed by atoms with E-state index in [9.17, 15) is 0 Å². The third kappa shape index (κ3) is 13.3.